The van der Waals surface area contributed by atoms with E-state index in [2.05, 4.69) is 33.1 Å². The van der Waals surface area contributed by atoms with Gasteiger partial charge in [-0.05, 0) is 49.1 Å². The lowest BCUT2D eigenvalue weighted by Crippen LogP contribution is -2.32. The van der Waals surface area contributed by atoms with Crippen LogP contribution in [0.1, 0.15) is 22.7 Å². The zero-order chi connectivity index (χ0) is 20.6. The molecule has 2 N–H and O–H groups in total. The first kappa shape index (κ1) is 23.3. The van der Waals surface area contributed by atoms with Gasteiger partial charge in [0.2, 0.25) is 0 Å². The number of nitrogens with zero attached hydrogens (tertiary/aromatic N) is 2. The molecule has 31 heavy (non-hydrogen) atoms. The number of nitrogens with one attached hydrogen (secondary N) is 2. The molecule has 1 aliphatic heterocycles. The maximum Gasteiger partial charge on any atom is 0.196 e. The van der Waals surface area contributed by atoms with E-state index in [0.717, 1.165) is 48.0 Å². The molecule has 164 valence electrons. The molecular weight excluding hydrogens is 523 g/mol. The number of benzene rings is 1. The molecule has 0 unspecified atom stereocenters. The molecule has 2 aromatic heterocycles. The van der Waals surface area contributed by atoms with Crippen molar-refractivity contribution in [3.05, 3.63) is 70.2 Å². The van der Waals surface area contributed by atoms with Crippen molar-refractivity contribution < 1.29 is 9.47 Å². The Morgan fingerprint density at radius 3 is 2.77 bits per heavy atom. The lowest BCUT2D eigenvalue weighted by atomic mass is 10.2. The van der Waals surface area contributed by atoms with Gasteiger partial charge in [-0.1, -0.05) is 12.1 Å². The zero-order valence-corrected chi connectivity index (χ0v) is 20.6. The molecule has 1 aliphatic rings. The normalized spacial score (nSPS) is 13.1. The summed E-state index contributed by atoms with van der Waals surface area (Å²) in [4.78, 5) is 10.6. The Balaban J connectivity index is 0.00000272. The third kappa shape index (κ3) is 7.10. The van der Waals surface area contributed by atoms with Gasteiger partial charge in [-0.25, -0.2) is 4.99 Å². The van der Waals surface area contributed by atoms with E-state index in [-0.39, 0.29) is 24.0 Å². The van der Waals surface area contributed by atoms with Crippen molar-refractivity contribution in [3.8, 4) is 11.5 Å². The number of ether oxygens (including phenoxy) is 2. The highest BCUT2D eigenvalue weighted by molar-refractivity contribution is 14.0. The fraction of sp³-hybridized carbons (Fsp3) is 0.304. The number of fused-ring (bicyclic) bond motifs is 1. The zero-order valence-electron chi connectivity index (χ0n) is 17.5. The van der Waals surface area contributed by atoms with Gasteiger partial charge in [-0.2, -0.15) is 0 Å². The van der Waals surface area contributed by atoms with Crippen LogP contribution in [-0.4, -0.2) is 30.7 Å². The summed E-state index contributed by atoms with van der Waals surface area (Å²) in [5.41, 5.74) is 2.83. The van der Waals surface area contributed by atoms with Gasteiger partial charge in [0.25, 0.3) is 0 Å². The van der Waals surface area contributed by atoms with E-state index >= 15 is 0 Å². The maximum atomic E-state index is 5.81. The van der Waals surface area contributed by atoms with Crippen molar-refractivity contribution in [2.75, 3.05) is 25.1 Å². The Morgan fingerprint density at radius 1 is 1.10 bits per heavy atom. The van der Waals surface area contributed by atoms with Crippen molar-refractivity contribution in [3.63, 3.8) is 0 Å². The van der Waals surface area contributed by atoms with Crippen LogP contribution < -0.4 is 20.1 Å². The molecule has 0 saturated carbocycles. The smallest absolute Gasteiger partial charge is 0.196 e. The van der Waals surface area contributed by atoms with E-state index in [1.54, 1.807) is 11.3 Å². The molecule has 0 spiro atoms. The molecule has 0 atom stereocenters. The molecule has 0 bridgehead atoms. The highest BCUT2D eigenvalue weighted by atomic mass is 127. The second kappa shape index (κ2) is 11.9. The summed E-state index contributed by atoms with van der Waals surface area (Å²) in [6.45, 7) is 4.62. The van der Waals surface area contributed by atoms with Crippen molar-refractivity contribution in [1.82, 2.24) is 10.3 Å². The molecule has 3 heterocycles. The summed E-state index contributed by atoms with van der Waals surface area (Å²) in [6, 6.07) is 16.1. The van der Waals surface area contributed by atoms with Crippen molar-refractivity contribution in [1.29, 1.82) is 0 Å². The van der Waals surface area contributed by atoms with E-state index in [1.165, 1.54) is 4.88 Å². The van der Waals surface area contributed by atoms with E-state index in [9.17, 15) is 0 Å². The molecule has 0 aliphatic carbocycles. The summed E-state index contributed by atoms with van der Waals surface area (Å²) in [5, 5.41) is 8.92. The predicted molar refractivity (Wildman–Crippen MR) is 137 cm³/mol. The topological polar surface area (TPSA) is 67.8 Å². The highest BCUT2D eigenvalue weighted by Crippen LogP contribution is 2.32. The molecule has 0 saturated heterocycles. The quantitative estimate of drug-likeness (QED) is 0.256. The molecule has 3 aromatic rings. The summed E-state index contributed by atoms with van der Waals surface area (Å²) in [5.74, 6) is 2.26. The van der Waals surface area contributed by atoms with Gasteiger partial charge < -0.3 is 20.1 Å². The van der Waals surface area contributed by atoms with E-state index in [1.807, 2.05) is 43.3 Å². The minimum absolute atomic E-state index is 0. The summed E-state index contributed by atoms with van der Waals surface area (Å²) in [6.07, 6.45) is 1.83. The lowest BCUT2D eigenvalue weighted by molar-refractivity contribution is 0.297. The van der Waals surface area contributed by atoms with Gasteiger partial charge in [-0.3, -0.25) is 4.98 Å². The standard InChI is InChI=1S/C23H26N4O2S.HI/c1-17-5-2-6-19(26-17)16-25-23(24-11-10-20-7-3-14-30-20)27-18-8-9-21-22(15-18)29-13-4-12-28-21;/h2-3,5-9,14-15H,4,10-13,16H2,1H3,(H2,24,25,27);1H. The van der Waals surface area contributed by atoms with Crippen LogP contribution in [0.5, 0.6) is 11.5 Å². The summed E-state index contributed by atoms with van der Waals surface area (Å²) >= 11 is 1.77. The number of hydrogen-bond acceptors (Lipinski definition) is 5. The maximum absolute atomic E-state index is 5.81. The number of aromatic nitrogens is 1. The van der Waals surface area contributed by atoms with Gasteiger partial charge in [0.1, 0.15) is 0 Å². The number of hydrogen-bond donors (Lipinski definition) is 2. The molecule has 6 nitrogen and oxygen atoms in total. The first-order chi connectivity index (χ1) is 14.8. The monoisotopic (exact) mass is 550 g/mol. The predicted octanol–water partition coefficient (Wildman–Crippen LogP) is 5.03. The Labute approximate surface area is 204 Å². The summed E-state index contributed by atoms with van der Waals surface area (Å²) < 4.78 is 11.5. The van der Waals surface area contributed by atoms with Crippen LogP contribution in [0.4, 0.5) is 5.69 Å². The molecule has 0 fully saturated rings. The third-order valence-electron chi connectivity index (χ3n) is 4.60. The minimum Gasteiger partial charge on any atom is -0.490 e. The Kier molecular flexibility index (Phi) is 8.96. The van der Waals surface area contributed by atoms with Gasteiger partial charge in [0.15, 0.2) is 17.5 Å². The number of rotatable bonds is 6. The van der Waals surface area contributed by atoms with E-state index in [0.29, 0.717) is 25.7 Å². The second-order valence-corrected chi connectivity index (χ2v) is 8.06. The number of halogens is 1. The Hall–Kier alpha value is -2.33. The molecule has 8 heteroatoms. The van der Waals surface area contributed by atoms with Crippen LogP contribution in [0.3, 0.4) is 0 Å². The molecular formula is C23H27IN4O2S. The van der Waals surface area contributed by atoms with Gasteiger partial charge in [0.05, 0.1) is 25.5 Å². The molecule has 4 rings (SSSR count). The molecule has 0 radical (unpaired) electrons. The van der Waals surface area contributed by atoms with E-state index in [4.69, 9.17) is 14.5 Å². The fourth-order valence-corrected chi connectivity index (χ4v) is 3.83. The fourth-order valence-electron chi connectivity index (χ4n) is 3.12. The number of aliphatic imine (C=N–C) groups is 1. The van der Waals surface area contributed by atoms with E-state index < -0.39 is 0 Å². The number of pyridine rings is 1. The number of thiophene rings is 1. The number of anilines is 1. The largest absolute Gasteiger partial charge is 0.490 e. The second-order valence-electron chi connectivity index (χ2n) is 7.03. The van der Waals surface area contributed by atoms with Crippen molar-refractivity contribution in [2.45, 2.75) is 26.3 Å². The Morgan fingerprint density at radius 2 is 1.97 bits per heavy atom. The number of guanidine groups is 1. The third-order valence-corrected chi connectivity index (χ3v) is 5.54. The van der Waals surface area contributed by atoms with Crippen LogP contribution in [0.25, 0.3) is 0 Å². The van der Waals surface area contributed by atoms with Gasteiger partial charge >= 0.3 is 0 Å². The first-order valence-electron chi connectivity index (χ1n) is 10.2. The summed E-state index contributed by atoms with van der Waals surface area (Å²) in [7, 11) is 0. The average molecular weight is 550 g/mol. The minimum atomic E-state index is 0. The van der Waals surface area contributed by atoms with Crippen LogP contribution in [-0.2, 0) is 13.0 Å². The van der Waals surface area contributed by atoms with Gasteiger partial charge in [-0.15, -0.1) is 35.3 Å². The lowest BCUT2D eigenvalue weighted by Gasteiger charge is -2.14. The van der Waals surface area contributed by atoms with Crippen molar-refractivity contribution >= 4 is 47.0 Å². The number of aryl methyl sites for hydroxylation is 1. The SMILES string of the molecule is Cc1cccc(CN=C(NCCc2cccs2)Nc2ccc3c(c2)OCCCO3)n1.I. The Bertz CT molecular complexity index is 995. The van der Waals surface area contributed by atoms with Crippen molar-refractivity contribution in [2.24, 2.45) is 4.99 Å². The van der Waals surface area contributed by atoms with Crippen LogP contribution >= 0.6 is 35.3 Å². The highest BCUT2D eigenvalue weighted by Gasteiger charge is 2.11. The van der Waals surface area contributed by atoms with Crippen LogP contribution in [0.2, 0.25) is 0 Å². The van der Waals surface area contributed by atoms with Gasteiger partial charge in [0, 0.05) is 35.3 Å². The average Bonchev–Trinajstić information content (AvgIpc) is 3.15. The molecule has 1 aromatic carbocycles. The molecule has 0 amide bonds. The van der Waals surface area contributed by atoms with Crippen LogP contribution in [0, 0.1) is 6.92 Å². The van der Waals surface area contributed by atoms with Crippen LogP contribution in [0.15, 0.2) is 58.9 Å². The first-order valence-corrected chi connectivity index (χ1v) is 11.0.